The van der Waals surface area contributed by atoms with E-state index in [1.165, 1.54) is 18.0 Å². The lowest BCUT2D eigenvalue weighted by Gasteiger charge is -2.09. The minimum atomic E-state index is -0.462. The molecule has 0 aromatic rings. The molecule has 0 heterocycles. The van der Waals surface area contributed by atoms with Crippen molar-refractivity contribution >= 4 is 11.9 Å². The summed E-state index contributed by atoms with van der Waals surface area (Å²) in [6.45, 7) is 4.40. The van der Waals surface area contributed by atoms with Crippen LogP contribution in [0.4, 0.5) is 0 Å². The Balaban J connectivity index is 3.69. The van der Waals surface area contributed by atoms with E-state index in [4.69, 9.17) is 0 Å². The summed E-state index contributed by atoms with van der Waals surface area (Å²) in [7, 11) is 1.54. The third-order valence-corrected chi connectivity index (χ3v) is 1.07. The maximum Gasteiger partial charge on any atom is 0.303 e. The Bertz CT molecular complexity index is 177. The third-order valence-electron chi connectivity index (χ3n) is 1.07. The summed E-state index contributed by atoms with van der Waals surface area (Å²) >= 11 is 0. The van der Waals surface area contributed by atoms with Gasteiger partial charge in [-0.05, 0) is 6.20 Å². The first-order chi connectivity index (χ1) is 5.07. The molecule has 62 valence electrons. The van der Waals surface area contributed by atoms with Crippen LogP contribution in [0.2, 0.25) is 0 Å². The van der Waals surface area contributed by atoms with E-state index in [0.717, 1.165) is 0 Å². The summed E-state index contributed by atoms with van der Waals surface area (Å²) in [5, 5.41) is 0. The molecule has 0 aromatic heterocycles. The second-order valence-electron chi connectivity index (χ2n) is 1.97. The smallest absolute Gasteiger partial charge is 0.303 e. The lowest BCUT2D eigenvalue weighted by molar-refractivity contribution is -0.148. The highest BCUT2D eigenvalue weighted by Crippen LogP contribution is 1.86. The van der Waals surface area contributed by atoms with E-state index < -0.39 is 5.97 Å². The number of nitrogens with zero attached hydrogens (tertiary/aromatic N) is 1. The van der Waals surface area contributed by atoms with Gasteiger partial charge in [-0.3, -0.25) is 9.59 Å². The summed E-state index contributed by atoms with van der Waals surface area (Å²) in [6, 6.07) is 0. The maximum absolute atomic E-state index is 10.9. The Morgan fingerprint density at radius 1 is 1.64 bits per heavy atom. The standard InChI is InChI=1S/C7H11NO3/c1-4-8(3)7(10)5-11-6(2)9/h4H,1,5H2,2-3H3. The van der Waals surface area contributed by atoms with Crippen LogP contribution in [0.25, 0.3) is 0 Å². The van der Waals surface area contributed by atoms with Gasteiger partial charge in [-0.15, -0.1) is 0 Å². The molecule has 4 heteroatoms. The van der Waals surface area contributed by atoms with Gasteiger partial charge in [0.25, 0.3) is 5.91 Å². The molecule has 0 aliphatic heterocycles. The lowest BCUT2D eigenvalue weighted by Crippen LogP contribution is -2.26. The summed E-state index contributed by atoms with van der Waals surface area (Å²) in [5.41, 5.74) is 0. The zero-order valence-electron chi connectivity index (χ0n) is 6.66. The van der Waals surface area contributed by atoms with Crippen LogP contribution in [0.15, 0.2) is 12.8 Å². The van der Waals surface area contributed by atoms with Crippen LogP contribution in [0.5, 0.6) is 0 Å². The van der Waals surface area contributed by atoms with Crippen molar-refractivity contribution in [1.82, 2.24) is 4.90 Å². The fraction of sp³-hybridized carbons (Fsp3) is 0.429. The first-order valence-electron chi connectivity index (χ1n) is 3.09. The number of rotatable bonds is 3. The predicted octanol–water partition coefficient (Wildman–Crippen LogP) is 0.151. The first kappa shape index (κ1) is 9.68. The minimum absolute atomic E-state index is 0.224. The summed E-state index contributed by atoms with van der Waals surface area (Å²) in [5.74, 6) is -0.758. The van der Waals surface area contributed by atoms with Gasteiger partial charge in [0.15, 0.2) is 6.61 Å². The Labute approximate surface area is 65.4 Å². The Morgan fingerprint density at radius 2 is 2.18 bits per heavy atom. The Kier molecular flexibility index (Phi) is 3.95. The second kappa shape index (κ2) is 4.49. The molecule has 0 radical (unpaired) electrons. The van der Waals surface area contributed by atoms with E-state index in [-0.39, 0.29) is 12.5 Å². The molecule has 0 atom stereocenters. The normalized spacial score (nSPS) is 8.55. The quantitative estimate of drug-likeness (QED) is 0.548. The van der Waals surface area contributed by atoms with Gasteiger partial charge in [0.2, 0.25) is 0 Å². The molecule has 11 heavy (non-hydrogen) atoms. The molecule has 0 N–H and O–H groups in total. The van der Waals surface area contributed by atoms with Crippen LogP contribution in [0, 0.1) is 0 Å². The van der Waals surface area contributed by atoms with Gasteiger partial charge in [-0.25, -0.2) is 0 Å². The zero-order chi connectivity index (χ0) is 8.85. The zero-order valence-corrected chi connectivity index (χ0v) is 6.66. The Morgan fingerprint density at radius 3 is 2.55 bits per heavy atom. The minimum Gasteiger partial charge on any atom is -0.456 e. The van der Waals surface area contributed by atoms with E-state index in [1.807, 2.05) is 0 Å². The fourth-order valence-electron chi connectivity index (χ4n) is 0.367. The van der Waals surface area contributed by atoms with Crippen molar-refractivity contribution < 1.29 is 14.3 Å². The molecule has 0 aliphatic carbocycles. The highest BCUT2D eigenvalue weighted by Gasteiger charge is 2.05. The van der Waals surface area contributed by atoms with Crippen LogP contribution >= 0.6 is 0 Å². The average Bonchev–Trinajstić information content (AvgIpc) is 1.98. The largest absolute Gasteiger partial charge is 0.456 e. The topological polar surface area (TPSA) is 46.6 Å². The molecule has 0 saturated heterocycles. The predicted molar refractivity (Wildman–Crippen MR) is 39.6 cm³/mol. The van der Waals surface area contributed by atoms with E-state index in [9.17, 15) is 9.59 Å². The number of hydrogen-bond acceptors (Lipinski definition) is 3. The molecule has 0 bridgehead atoms. The molecule has 1 amide bonds. The molecule has 0 aromatic carbocycles. The summed E-state index contributed by atoms with van der Waals surface area (Å²) in [6.07, 6.45) is 1.35. The van der Waals surface area contributed by atoms with Crippen molar-refractivity contribution in [2.24, 2.45) is 0 Å². The van der Waals surface area contributed by atoms with Gasteiger partial charge < -0.3 is 9.64 Å². The van der Waals surface area contributed by atoms with Gasteiger partial charge in [-0.2, -0.15) is 0 Å². The molecule has 0 rings (SSSR count). The number of esters is 1. The molecule has 0 spiro atoms. The SMILES string of the molecule is C=CN(C)C(=O)COC(C)=O. The van der Waals surface area contributed by atoms with Crippen LogP contribution in [0.1, 0.15) is 6.92 Å². The molecular formula is C7H11NO3. The monoisotopic (exact) mass is 157 g/mol. The van der Waals surface area contributed by atoms with Crippen molar-refractivity contribution in [2.45, 2.75) is 6.92 Å². The van der Waals surface area contributed by atoms with Gasteiger partial charge in [-0.1, -0.05) is 6.58 Å². The van der Waals surface area contributed by atoms with Crippen molar-refractivity contribution in [2.75, 3.05) is 13.7 Å². The fourth-order valence-corrected chi connectivity index (χ4v) is 0.367. The van der Waals surface area contributed by atoms with Crippen LogP contribution in [-0.4, -0.2) is 30.4 Å². The Hall–Kier alpha value is -1.32. The molecular weight excluding hydrogens is 146 g/mol. The number of amides is 1. The number of carbonyl (C=O) groups is 2. The number of ether oxygens (including phenoxy) is 1. The van der Waals surface area contributed by atoms with E-state index in [0.29, 0.717) is 0 Å². The molecule has 4 nitrogen and oxygen atoms in total. The molecule has 0 fully saturated rings. The highest BCUT2D eigenvalue weighted by molar-refractivity contribution is 5.80. The summed E-state index contributed by atoms with van der Waals surface area (Å²) in [4.78, 5) is 22.3. The average molecular weight is 157 g/mol. The highest BCUT2D eigenvalue weighted by atomic mass is 16.5. The third kappa shape index (κ3) is 4.13. The van der Waals surface area contributed by atoms with Gasteiger partial charge in [0.05, 0.1) is 0 Å². The van der Waals surface area contributed by atoms with E-state index >= 15 is 0 Å². The molecule has 0 unspecified atom stereocenters. The van der Waals surface area contributed by atoms with Crippen LogP contribution in [0.3, 0.4) is 0 Å². The number of likely N-dealkylation sites (N-methyl/N-ethyl adjacent to an activating group) is 1. The first-order valence-corrected chi connectivity index (χ1v) is 3.09. The van der Waals surface area contributed by atoms with E-state index in [2.05, 4.69) is 11.3 Å². The summed E-state index contributed by atoms with van der Waals surface area (Å²) < 4.78 is 4.45. The number of carbonyl (C=O) groups excluding carboxylic acids is 2. The van der Waals surface area contributed by atoms with Crippen molar-refractivity contribution in [3.8, 4) is 0 Å². The molecule has 0 aliphatic rings. The molecule has 0 saturated carbocycles. The van der Waals surface area contributed by atoms with Gasteiger partial charge >= 0.3 is 5.97 Å². The van der Waals surface area contributed by atoms with Crippen molar-refractivity contribution in [3.05, 3.63) is 12.8 Å². The van der Waals surface area contributed by atoms with Crippen LogP contribution < -0.4 is 0 Å². The lowest BCUT2D eigenvalue weighted by atomic mass is 10.6. The van der Waals surface area contributed by atoms with Crippen molar-refractivity contribution in [1.29, 1.82) is 0 Å². The number of hydrogen-bond donors (Lipinski definition) is 0. The van der Waals surface area contributed by atoms with E-state index in [1.54, 1.807) is 7.05 Å². The maximum atomic E-state index is 10.9. The van der Waals surface area contributed by atoms with Crippen molar-refractivity contribution in [3.63, 3.8) is 0 Å². The van der Waals surface area contributed by atoms with Crippen LogP contribution in [-0.2, 0) is 14.3 Å². The van der Waals surface area contributed by atoms with Gasteiger partial charge in [0.1, 0.15) is 0 Å². The van der Waals surface area contributed by atoms with Gasteiger partial charge in [0, 0.05) is 14.0 Å². The second-order valence-corrected chi connectivity index (χ2v) is 1.97.